The van der Waals surface area contributed by atoms with Crippen molar-refractivity contribution in [3.05, 3.63) is 29.3 Å². The Morgan fingerprint density at radius 2 is 1.83 bits per heavy atom. The third-order valence-corrected chi connectivity index (χ3v) is 8.35. The predicted molar refractivity (Wildman–Crippen MR) is 104 cm³/mol. The van der Waals surface area contributed by atoms with Gasteiger partial charge in [-0.05, 0) is 70.7 Å². The first kappa shape index (κ1) is 19.5. The van der Waals surface area contributed by atoms with Crippen molar-refractivity contribution in [3.63, 3.8) is 0 Å². The minimum absolute atomic E-state index is 0.0928. The van der Waals surface area contributed by atoms with Gasteiger partial charge < -0.3 is 9.30 Å². The minimum Gasteiger partial charge on any atom is -0.488 e. The molecule has 1 aromatic carbocycles. The lowest BCUT2D eigenvalue weighted by atomic mass is 9.97. The van der Waals surface area contributed by atoms with E-state index in [9.17, 15) is 4.57 Å². The number of fused-ring (bicyclic) bond motifs is 1. The van der Waals surface area contributed by atoms with Crippen molar-refractivity contribution in [1.82, 2.24) is 4.90 Å². The minimum atomic E-state index is -2.08. The van der Waals surface area contributed by atoms with Crippen LogP contribution in [0.5, 0.6) is 5.75 Å². The largest absolute Gasteiger partial charge is 0.488 e. The molecule has 4 heteroatoms. The van der Waals surface area contributed by atoms with Gasteiger partial charge in [0, 0.05) is 18.2 Å². The summed E-state index contributed by atoms with van der Waals surface area (Å²) in [6.07, 6.45) is 2.00. The van der Waals surface area contributed by atoms with Gasteiger partial charge in [-0.25, -0.2) is 0 Å². The van der Waals surface area contributed by atoms with E-state index in [1.165, 1.54) is 11.1 Å². The molecule has 3 nitrogen and oxygen atoms in total. The number of nitrogens with zero attached hydrogens (tertiary/aromatic N) is 1. The van der Waals surface area contributed by atoms with E-state index < -0.39 is 7.14 Å². The molecule has 0 unspecified atom stereocenters. The number of hydrogen-bond acceptors (Lipinski definition) is 3. The molecular formula is C20H34NO2P. The maximum Gasteiger partial charge on any atom is 0.123 e. The van der Waals surface area contributed by atoms with Crippen LogP contribution >= 0.6 is 7.14 Å². The van der Waals surface area contributed by atoms with Crippen LogP contribution in [0.25, 0.3) is 0 Å². The molecule has 0 atom stereocenters. The average Bonchev–Trinajstić information content (AvgIpc) is 2.42. The van der Waals surface area contributed by atoms with E-state index in [-0.39, 0.29) is 10.8 Å². The molecule has 0 bridgehead atoms. The molecule has 1 aromatic rings. The van der Waals surface area contributed by atoms with Crippen LogP contribution in [0, 0.1) is 0 Å². The Labute approximate surface area is 148 Å². The van der Waals surface area contributed by atoms with Crippen LogP contribution in [-0.4, -0.2) is 42.1 Å². The quantitative estimate of drug-likeness (QED) is 0.698. The molecule has 0 fully saturated rings. The van der Waals surface area contributed by atoms with Crippen molar-refractivity contribution >= 4 is 7.14 Å². The van der Waals surface area contributed by atoms with E-state index in [0.717, 1.165) is 38.2 Å². The van der Waals surface area contributed by atoms with Crippen LogP contribution < -0.4 is 4.74 Å². The summed E-state index contributed by atoms with van der Waals surface area (Å²) in [6.45, 7) is 17.4. The average molecular weight is 351 g/mol. The third-order valence-electron chi connectivity index (χ3n) is 5.22. The number of ether oxygens (including phenoxy) is 1. The van der Waals surface area contributed by atoms with E-state index in [1.54, 1.807) is 0 Å². The molecule has 0 N–H and O–H groups in total. The molecule has 0 spiro atoms. The van der Waals surface area contributed by atoms with Crippen molar-refractivity contribution in [3.8, 4) is 5.75 Å². The summed E-state index contributed by atoms with van der Waals surface area (Å²) in [7, 11) is -2.08. The molecular weight excluding hydrogens is 317 g/mol. The van der Waals surface area contributed by atoms with Crippen molar-refractivity contribution < 1.29 is 9.30 Å². The molecule has 1 aliphatic heterocycles. The third kappa shape index (κ3) is 4.86. The maximum absolute atomic E-state index is 12.4. The highest BCUT2D eigenvalue weighted by atomic mass is 31.2. The summed E-state index contributed by atoms with van der Waals surface area (Å²) in [5.74, 6) is 1.03. The zero-order valence-corrected chi connectivity index (χ0v) is 17.4. The topological polar surface area (TPSA) is 29.5 Å². The van der Waals surface area contributed by atoms with Crippen LogP contribution in [0.1, 0.15) is 52.2 Å². The number of rotatable bonds is 5. The molecule has 1 heterocycles. The zero-order chi connectivity index (χ0) is 18.2. The SMILES string of the molecule is CC(C)(C)Oc1cccc2c1CCN(CCC(C)(C)P(C)(C)=O)C2. The van der Waals surface area contributed by atoms with Gasteiger partial charge in [0.15, 0.2) is 0 Å². The normalized spacial score (nSPS) is 16.8. The first-order valence-electron chi connectivity index (χ1n) is 8.96. The second kappa shape index (κ2) is 6.84. The van der Waals surface area contributed by atoms with Crippen molar-refractivity contribution in [1.29, 1.82) is 0 Å². The molecule has 1 aliphatic rings. The summed E-state index contributed by atoms with van der Waals surface area (Å²) in [6, 6.07) is 6.40. The molecule has 0 amide bonds. The second-order valence-corrected chi connectivity index (χ2v) is 13.0. The van der Waals surface area contributed by atoms with Crippen LogP contribution in [0.2, 0.25) is 0 Å². The maximum atomic E-state index is 12.4. The van der Waals surface area contributed by atoms with Gasteiger partial charge in [-0.1, -0.05) is 26.0 Å². The smallest absolute Gasteiger partial charge is 0.123 e. The van der Waals surface area contributed by atoms with Crippen molar-refractivity contribution in [2.75, 3.05) is 26.4 Å². The highest BCUT2D eigenvalue weighted by molar-refractivity contribution is 7.63. The molecule has 136 valence electrons. The Morgan fingerprint density at radius 1 is 1.17 bits per heavy atom. The molecule has 0 aliphatic carbocycles. The van der Waals surface area contributed by atoms with Crippen LogP contribution in [0.4, 0.5) is 0 Å². The molecule has 0 saturated carbocycles. The van der Waals surface area contributed by atoms with Gasteiger partial charge in [0.25, 0.3) is 0 Å². The Hall–Kier alpha value is -0.790. The molecule has 0 saturated heterocycles. The summed E-state index contributed by atoms with van der Waals surface area (Å²) in [4.78, 5) is 2.49. The molecule has 0 radical (unpaired) electrons. The number of hydrogen-bond donors (Lipinski definition) is 0. The Morgan fingerprint density at radius 3 is 2.42 bits per heavy atom. The van der Waals surface area contributed by atoms with E-state index >= 15 is 0 Å². The molecule has 24 heavy (non-hydrogen) atoms. The van der Waals surface area contributed by atoms with Crippen LogP contribution in [-0.2, 0) is 17.5 Å². The Balaban J connectivity index is 2.05. The first-order chi connectivity index (χ1) is 10.9. The summed E-state index contributed by atoms with van der Waals surface area (Å²) < 4.78 is 18.6. The highest BCUT2D eigenvalue weighted by Crippen LogP contribution is 2.53. The van der Waals surface area contributed by atoms with Crippen LogP contribution in [0.3, 0.4) is 0 Å². The van der Waals surface area contributed by atoms with Crippen molar-refractivity contribution in [2.45, 2.75) is 64.8 Å². The van der Waals surface area contributed by atoms with Gasteiger partial charge in [-0.3, -0.25) is 4.90 Å². The predicted octanol–water partition coefficient (Wildman–Crippen LogP) is 5.01. The second-order valence-electron chi connectivity index (χ2n) is 9.05. The lowest BCUT2D eigenvalue weighted by molar-refractivity contribution is 0.127. The fourth-order valence-electron chi connectivity index (χ4n) is 2.95. The molecule has 2 rings (SSSR count). The number of benzene rings is 1. The monoisotopic (exact) mass is 351 g/mol. The van der Waals surface area contributed by atoms with E-state index in [2.05, 4.69) is 57.7 Å². The van der Waals surface area contributed by atoms with Gasteiger partial charge in [-0.2, -0.15) is 0 Å². The van der Waals surface area contributed by atoms with Gasteiger partial charge in [0.2, 0.25) is 0 Å². The van der Waals surface area contributed by atoms with Gasteiger partial charge in [-0.15, -0.1) is 0 Å². The highest BCUT2D eigenvalue weighted by Gasteiger charge is 2.32. The zero-order valence-electron chi connectivity index (χ0n) is 16.5. The Bertz CT molecular complexity index is 625. The van der Waals surface area contributed by atoms with Crippen molar-refractivity contribution in [2.24, 2.45) is 0 Å². The molecule has 0 aromatic heterocycles. The lowest BCUT2D eigenvalue weighted by Gasteiger charge is -2.35. The summed E-state index contributed by atoms with van der Waals surface area (Å²) >= 11 is 0. The summed E-state index contributed by atoms with van der Waals surface area (Å²) in [5, 5.41) is -0.0928. The van der Waals surface area contributed by atoms with Gasteiger partial charge in [0.1, 0.15) is 11.4 Å². The Kier molecular flexibility index (Phi) is 5.57. The van der Waals surface area contributed by atoms with E-state index in [4.69, 9.17) is 4.74 Å². The summed E-state index contributed by atoms with van der Waals surface area (Å²) in [5.41, 5.74) is 2.57. The standard InChI is InChI=1S/C20H34NO2P/c1-19(2,3)23-18-10-8-9-16-15-21(13-11-17(16)18)14-12-20(4,5)24(6,7)22/h8-10H,11-15H2,1-7H3. The van der Waals surface area contributed by atoms with Crippen LogP contribution in [0.15, 0.2) is 18.2 Å². The van der Waals surface area contributed by atoms with E-state index in [1.807, 2.05) is 13.3 Å². The fourth-order valence-corrected chi connectivity index (χ4v) is 3.59. The van der Waals surface area contributed by atoms with E-state index in [0.29, 0.717) is 0 Å². The first-order valence-corrected chi connectivity index (χ1v) is 11.6. The fraction of sp³-hybridized carbons (Fsp3) is 0.700. The van der Waals surface area contributed by atoms with Gasteiger partial charge in [0.05, 0.1) is 7.14 Å². The lowest BCUT2D eigenvalue weighted by Crippen LogP contribution is -2.35. The van der Waals surface area contributed by atoms with Gasteiger partial charge >= 0.3 is 0 Å².